The van der Waals surface area contributed by atoms with Gasteiger partial charge >= 0.3 is 0 Å². The predicted molar refractivity (Wildman–Crippen MR) is 46.6 cm³/mol. The average molecular weight is 164 g/mol. The van der Waals surface area contributed by atoms with Crippen molar-refractivity contribution in [1.29, 1.82) is 0 Å². The third kappa shape index (κ3) is 4.98. The third-order valence-electron chi connectivity index (χ3n) is 1.44. The first-order valence-corrected chi connectivity index (χ1v) is 6.64. The van der Waals surface area contributed by atoms with Crippen molar-refractivity contribution in [2.45, 2.75) is 44.3 Å². The molecule has 0 aliphatic heterocycles. The minimum Gasteiger partial charge on any atom is -0.127 e. The van der Waals surface area contributed by atoms with Crippen molar-refractivity contribution in [3.8, 4) is 0 Å². The molecule has 0 aromatic carbocycles. The molecular formula is C7H16ClSi. The molecular weight excluding hydrogens is 148 g/mol. The Morgan fingerprint density at radius 1 is 1.44 bits per heavy atom. The topological polar surface area (TPSA) is 0 Å². The van der Waals surface area contributed by atoms with Gasteiger partial charge in [-0.05, 0) is 6.42 Å². The molecule has 0 aromatic rings. The van der Waals surface area contributed by atoms with Gasteiger partial charge in [0, 0.05) is 5.00 Å². The van der Waals surface area contributed by atoms with Crippen LogP contribution in [0.15, 0.2) is 0 Å². The highest BCUT2D eigenvalue weighted by Crippen LogP contribution is 2.10. The second kappa shape index (κ2) is 5.30. The van der Waals surface area contributed by atoms with Gasteiger partial charge in [-0.2, -0.15) is 0 Å². The number of alkyl halides is 1. The smallest absolute Gasteiger partial charge is 0.0635 e. The average Bonchev–Trinajstić information content (AvgIpc) is 1.82. The first-order valence-electron chi connectivity index (χ1n) is 3.62. The zero-order valence-electron chi connectivity index (χ0n) is 6.58. The second-order valence-corrected chi connectivity index (χ2v) is 6.43. The summed E-state index contributed by atoms with van der Waals surface area (Å²) in [6, 6.07) is 0. The molecule has 55 valence electrons. The SMILES string of the molecule is CCCCC(Cl)[Si](C)C. The van der Waals surface area contributed by atoms with E-state index in [1.807, 2.05) is 0 Å². The van der Waals surface area contributed by atoms with Crippen LogP contribution < -0.4 is 0 Å². The number of hydrogen-bond donors (Lipinski definition) is 0. The van der Waals surface area contributed by atoms with E-state index in [4.69, 9.17) is 11.6 Å². The van der Waals surface area contributed by atoms with Crippen molar-refractivity contribution < 1.29 is 0 Å². The van der Waals surface area contributed by atoms with Crippen LogP contribution in [0.3, 0.4) is 0 Å². The fourth-order valence-electron chi connectivity index (χ4n) is 0.672. The van der Waals surface area contributed by atoms with Crippen LogP contribution in [0.1, 0.15) is 26.2 Å². The van der Waals surface area contributed by atoms with Crippen molar-refractivity contribution in [2.24, 2.45) is 0 Å². The number of halogens is 1. The fourth-order valence-corrected chi connectivity index (χ4v) is 1.61. The Morgan fingerprint density at radius 3 is 2.33 bits per heavy atom. The lowest BCUT2D eigenvalue weighted by Gasteiger charge is -2.09. The summed E-state index contributed by atoms with van der Waals surface area (Å²) in [6.07, 6.45) is 3.79. The molecule has 0 N–H and O–H groups in total. The van der Waals surface area contributed by atoms with E-state index in [9.17, 15) is 0 Å². The number of rotatable bonds is 4. The van der Waals surface area contributed by atoms with E-state index < -0.39 is 0 Å². The lowest BCUT2D eigenvalue weighted by Crippen LogP contribution is -2.17. The molecule has 0 heterocycles. The summed E-state index contributed by atoms with van der Waals surface area (Å²) >= 11 is 6.04. The highest BCUT2D eigenvalue weighted by atomic mass is 35.5. The quantitative estimate of drug-likeness (QED) is 0.442. The van der Waals surface area contributed by atoms with Crippen molar-refractivity contribution in [2.75, 3.05) is 0 Å². The lowest BCUT2D eigenvalue weighted by molar-refractivity contribution is 0.751. The molecule has 0 saturated carbocycles. The minimum absolute atomic E-state index is 0.219. The molecule has 0 nitrogen and oxygen atoms in total. The molecule has 0 amide bonds. The Kier molecular flexibility index (Phi) is 5.60. The monoisotopic (exact) mass is 163 g/mol. The van der Waals surface area contributed by atoms with E-state index in [1.54, 1.807) is 0 Å². The van der Waals surface area contributed by atoms with E-state index in [-0.39, 0.29) is 8.80 Å². The van der Waals surface area contributed by atoms with E-state index in [0.717, 1.165) is 0 Å². The Hall–Kier alpha value is 0.507. The number of hydrogen-bond acceptors (Lipinski definition) is 0. The van der Waals surface area contributed by atoms with E-state index >= 15 is 0 Å². The normalized spacial score (nSPS) is 14.3. The second-order valence-electron chi connectivity index (χ2n) is 2.69. The molecule has 0 spiro atoms. The van der Waals surface area contributed by atoms with Crippen LogP contribution in [-0.4, -0.2) is 13.8 Å². The molecule has 0 aliphatic rings. The molecule has 9 heavy (non-hydrogen) atoms. The third-order valence-corrected chi connectivity index (χ3v) is 4.51. The van der Waals surface area contributed by atoms with Crippen LogP contribution in [0.25, 0.3) is 0 Å². The molecule has 1 atom stereocenters. The molecule has 0 aliphatic carbocycles. The molecule has 0 saturated heterocycles. The van der Waals surface area contributed by atoms with Gasteiger partial charge < -0.3 is 0 Å². The summed E-state index contributed by atoms with van der Waals surface area (Å²) in [4.78, 5) is 0. The summed E-state index contributed by atoms with van der Waals surface area (Å²) in [5.41, 5.74) is 0. The Bertz CT molecular complexity index is 63.9. The first-order chi connectivity index (χ1) is 4.18. The van der Waals surface area contributed by atoms with Gasteiger partial charge in [0.15, 0.2) is 0 Å². The maximum Gasteiger partial charge on any atom is 0.0635 e. The van der Waals surface area contributed by atoms with Crippen LogP contribution in [0.2, 0.25) is 13.1 Å². The lowest BCUT2D eigenvalue weighted by atomic mass is 10.3. The summed E-state index contributed by atoms with van der Waals surface area (Å²) in [6.45, 7) is 6.76. The summed E-state index contributed by atoms with van der Waals surface area (Å²) < 4.78 is 0. The highest BCUT2D eigenvalue weighted by molar-refractivity contribution is 6.67. The first kappa shape index (κ1) is 9.51. The van der Waals surface area contributed by atoms with E-state index in [2.05, 4.69) is 20.0 Å². The fraction of sp³-hybridized carbons (Fsp3) is 1.00. The standard InChI is InChI=1S/C7H16ClSi/c1-4-5-6-7(8)9(2)3/h7H,4-6H2,1-3H3. The molecule has 1 radical (unpaired) electrons. The van der Waals surface area contributed by atoms with Gasteiger partial charge in [0.2, 0.25) is 0 Å². The highest BCUT2D eigenvalue weighted by Gasteiger charge is 2.08. The maximum atomic E-state index is 6.04. The van der Waals surface area contributed by atoms with Gasteiger partial charge in [0.25, 0.3) is 0 Å². The van der Waals surface area contributed by atoms with Gasteiger partial charge in [0.1, 0.15) is 0 Å². The summed E-state index contributed by atoms with van der Waals surface area (Å²) in [7, 11) is -0.219. The Balaban J connectivity index is 3.16. The summed E-state index contributed by atoms with van der Waals surface area (Å²) in [5, 5.41) is 0.495. The van der Waals surface area contributed by atoms with Crippen molar-refractivity contribution in [3.05, 3.63) is 0 Å². The van der Waals surface area contributed by atoms with Crippen LogP contribution in [0.5, 0.6) is 0 Å². The van der Waals surface area contributed by atoms with E-state index in [1.165, 1.54) is 19.3 Å². The van der Waals surface area contributed by atoms with Crippen LogP contribution in [0.4, 0.5) is 0 Å². The maximum absolute atomic E-state index is 6.04. The van der Waals surface area contributed by atoms with Crippen LogP contribution in [0, 0.1) is 0 Å². The summed E-state index contributed by atoms with van der Waals surface area (Å²) in [5.74, 6) is 0. The van der Waals surface area contributed by atoms with Gasteiger partial charge in [-0.1, -0.05) is 32.9 Å². The molecule has 1 unspecified atom stereocenters. The Morgan fingerprint density at radius 2 is 2.00 bits per heavy atom. The number of unbranched alkanes of at least 4 members (excludes halogenated alkanes) is 1. The van der Waals surface area contributed by atoms with Gasteiger partial charge in [-0.15, -0.1) is 11.6 Å². The minimum atomic E-state index is -0.219. The van der Waals surface area contributed by atoms with Crippen molar-refractivity contribution in [3.63, 3.8) is 0 Å². The van der Waals surface area contributed by atoms with Crippen LogP contribution >= 0.6 is 11.6 Å². The van der Waals surface area contributed by atoms with Gasteiger partial charge in [-0.25, -0.2) is 0 Å². The molecule has 0 fully saturated rings. The largest absolute Gasteiger partial charge is 0.127 e. The van der Waals surface area contributed by atoms with Crippen molar-refractivity contribution in [1.82, 2.24) is 0 Å². The zero-order chi connectivity index (χ0) is 7.28. The Labute approximate surface area is 65.2 Å². The molecule has 0 rings (SSSR count). The predicted octanol–water partition coefficient (Wildman–Crippen LogP) is 3.08. The van der Waals surface area contributed by atoms with Crippen molar-refractivity contribution >= 4 is 20.4 Å². The molecule has 0 aromatic heterocycles. The zero-order valence-corrected chi connectivity index (χ0v) is 8.33. The molecule has 0 bridgehead atoms. The van der Waals surface area contributed by atoms with Gasteiger partial charge in [0.05, 0.1) is 8.80 Å². The van der Waals surface area contributed by atoms with Crippen LogP contribution in [-0.2, 0) is 0 Å². The van der Waals surface area contributed by atoms with E-state index in [0.29, 0.717) is 5.00 Å². The van der Waals surface area contributed by atoms with Gasteiger partial charge in [-0.3, -0.25) is 0 Å². The molecule has 2 heteroatoms.